The number of methoxy groups -OCH3 is 1. The number of hydrogen-bond donors (Lipinski definition) is 1. The van der Waals surface area contributed by atoms with Gasteiger partial charge in [-0.25, -0.2) is 9.59 Å². The first-order chi connectivity index (χ1) is 30.1. The molecule has 5 atom stereocenters. The van der Waals surface area contributed by atoms with Gasteiger partial charge in [0.1, 0.15) is 6.10 Å². The summed E-state index contributed by atoms with van der Waals surface area (Å²) in [4.78, 5) is 37.8. The van der Waals surface area contributed by atoms with E-state index in [4.69, 9.17) is 28.8 Å². The Labute approximate surface area is 418 Å². The molecule has 0 radical (unpaired) electrons. The molecule has 0 rings (SSSR count). The predicted octanol–water partition coefficient (Wildman–Crippen LogP) is 15.6. The Balaban J connectivity index is 6.73. The van der Waals surface area contributed by atoms with Crippen molar-refractivity contribution >= 4 is 75.6 Å². The van der Waals surface area contributed by atoms with Crippen molar-refractivity contribution < 1.29 is 37.4 Å². The van der Waals surface area contributed by atoms with Gasteiger partial charge in [0, 0.05) is 24.0 Å². The summed E-state index contributed by atoms with van der Waals surface area (Å²) in [6, 6.07) is 0. The van der Waals surface area contributed by atoms with Crippen LogP contribution in [0.5, 0.6) is 0 Å². The summed E-state index contributed by atoms with van der Waals surface area (Å²) >= 11 is -0.313. The molecular formula is C52H96INO8Si2Sn. The van der Waals surface area contributed by atoms with Crippen LogP contribution in [0.4, 0.5) is 4.79 Å². The van der Waals surface area contributed by atoms with Crippen molar-refractivity contribution in [3.63, 3.8) is 0 Å². The molecule has 0 unspecified atom stereocenters. The number of unbranched alkanes of at least 4 members (excludes halogenated alkanes) is 4. The van der Waals surface area contributed by atoms with Crippen LogP contribution in [-0.4, -0.2) is 84.6 Å². The first-order valence-electron chi connectivity index (χ1n) is 24.7. The Morgan fingerprint density at radius 3 is 1.75 bits per heavy atom. The number of halogens is 1. The fraction of sp³-hybridized carbons (Fsp3) is 0.750. The molecule has 0 aromatic carbocycles. The van der Waals surface area contributed by atoms with Crippen LogP contribution >= 0.6 is 22.6 Å². The van der Waals surface area contributed by atoms with Gasteiger partial charge in [0.25, 0.3) is 0 Å². The molecule has 2 N–H and O–H groups in total. The zero-order chi connectivity index (χ0) is 50.1. The van der Waals surface area contributed by atoms with Gasteiger partial charge in [0.05, 0.1) is 7.11 Å². The van der Waals surface area contributed by atoms with Crippen LogP contribution in [0, 0.1) is 5.92 Å². The van der Waals surface area contributed by atoms with E-state index in [1.807, 2.05) is 24.0 Å². The maximum absolute atomic E-state index is 13.1. The van der Waals surface area contributed by atoms with Gasteiger partial charge >= 0.3 is 280 Å². The summed E-state index contributed by atoms with van der Waals surface area (Å²) in [5.41, 5.74) is 7.36. The number of carbonyl (C=O) groups excluding carboxylic acids is 3. The molecule has 376 valence electrons. The van der Waals surface area contributed by atoms with Gasteiger partial charge < -0.3 is 9.47 Å². The number of ether oxygens (including phenoxy) is 3. The van der Waals surface area contributed by atoms with Crippen molar-refractivity contribution in [2.75, 3.05) is 7.11 Å². The monoisotopic (exact) mass is 1170 g/mol. The van der Waals surface area contributed by atoms with E-state index < -0.39 is 71.4 Å². The van der Waals surface area contributed by atoms with Crippen LogP contribution in [0.15, 0.2) is 55.8 Å². The first kappa shape index (κ1) is 63.8. The van der Waals surface area contributed by atoms with E-state index in [1.54, 1.807) is 13.0 Å². The van der Waals surface area contributed by atoms with E-state index >= 15 is 0 Å². The Morgan fingerprint density at radius 1 is 0.738 bits per heavy atom. The molecule has 0 aromatic rings. The average molecular weight is 1170 g/mol. The minimum atomic E-state index is -2.50. The van der Waals surface area contributed by atoms with E-state index in [9.17, 15) is 14.4 Å². The zero-order valence-electron chi connectivity index (χ0n) is 44.3. The number of amides is 1. The van der Waals surface area contributed by atoms with Gasteiger partial charge in [-0.05, 0) is 17.9 Å². The third kappa shape index (κ3) is 25.8. The molecule has 0 aliphatic heterocycles. The Kier molecular flexibility index (Phi) is 31.2. The van der Waals surface area contributed by atoms with Gasteiger partial charge in [-0.15, -0.1) is 0 Å². The third-order valence-corrected chi connectivity index (χ3v) is 37.8. The second-order valence-corrected chi connectivity index (χ2v) is 44.6. The minimum absolute atomic E-state index is 0.0154. The fourth-order valence-corrected chi connectivity index (χ4v) is 24.6. The molecule has 65 heavy (non-hydrogen) atoms. The Bertz CT molecular complexity index is 1540. The molecular weight excluding hydrogens is 1070 g/mol. The van der Waals surface area contributed by atoms with Crippen LogP contribution in [0.3, 0.4) is 0 Å². The maximum atomic E-state index is 13.1. The number of nitrogens with two attached hydrogens (primary N) is 1. The van der Waals surface area contributed by atoms with Gasteiger partial charge in [-0.2, -0.15) is 0 Å². The SMILES string of the molecule is CCC[CH2][Sn](/[CH]=C/CC[C@H](OC(N)=O)[C@H](/C=C/[C@H](CCC/C=C/C(=O)O[C@H](C/C(C)=C\I)[C@H](C)/C=C(\C)C(=O)OC)O[Si](C)(C)C(C)(C)C)O[Si](C)(C)C(C)(C)C)([CH2]CCC)[CH2]CCC. The molecule has 0 heterocycles. The van der Waals surface area contributed by atoms with Gasteiger partial charge in [-0.1, -0.05) is 68.0 Å². The topological polar surface area (TPSA) is 123 Å². The predicted molar refractivity (Wildman–Crippen MR) is 291 cm³/mol. The fourth-order valence-electron chi connectivity index (χ4n) is 7.22. The van der Waals surface area contributed by atoms with Gasteiger partial charge in [-0.3, -0.25) is 0 Å². The van der Waals surface area contributed by atoms with Crippen LogP contribution in [0.2, 0.25) is 49.6 Å². The van der Waals surface area contributed by atoms with Crippen molar-refractivity contribution in [2.45, 2.75) is 234 Å². The Morgan fingerprint density at radius 2 is 1.28 bits per heavy atom. The normalized spacial score (nSPS) is 16.2. The summed E-state index contributed by atoms with van der Waals surface area (Å²) in [7, 11) is -3.21. The van der Waals surface area contributed by atoms with E-state index in [-0.39, 0.29) is 22.1 Å². The van der Waals surface area contributed by atoms with Crippen molar-refractivity contribution in [1.29, 1.82) is 0 Å². The third-order valence-electron chi connectivity index (χ3n) is 13.5. The summed E-state index contributed by atoms with van der Waals surface area (Å²) in [5, 5.41) is -0.0902. The molecule has 0 fully saturated rings. The Hall–Kier alpha value is -1.21. The molecule has 0 spiro atoms. The van der Waals surface area contributed by atoms with Crippen LogP contribution in [0.25, 0.3) is 0 Å². The second kappa shape index (κ2) is 31.8. The standard InChI is InChI=1S/C40H69INO8Si2.3C4H9.Sn/c1-16-17-22-33(48-38(42)45)34(50-52(14,15)40(8,9)10)25-24-32(49-51(12,13)39(5,6)7)21-19-18-20-23-36(43)47-35(26-29(2)28-41)30(3)27-31(4)37(44)46-11;3*1-3-4-2;/h1,16,20,23-25,27-28,30,32-35H,17-19,21-22,26H2,2-15H3,(H2,42,45);3*1,3-4H2,2H3;/b16-1?,23-20+,25-24+,29-28-,31-27+;;;;/t30-,32+,33+,34+,35-;;;;/m1..../s1. The summed E-state index contributed by atoms with van der Waals surface area (Å²) < 4.78 is 39.9. The van der Waals surface area contributed by atoms with Gasteiger partial charge in [0.15, 0.2) is 0 Å². The molecule has 0 bridgehead atoms. The molecule has 0 saturated carbocycles. The summed E-state index contributed by atoms with van der Waals surface area (Å²) in [6.45, 7) is 35.0. The van der Waals surface area contributed by atoms with Crippen molar-refractivity contribution in [1.82, 2.24) is 0 Å². The number of hydrogen-bond acceptors (Lipinski definition) is 8. The first-order valence-corrected chi connectivity index (χ1v) is 39.5. The second-order valence-electron chi connectivity index (χ2n) is 21.4. The van der Waals surface area contributed by atoms with Crippen LogP contribution in [0.1, 0.15) is 160 Å². The van der Waals surface area contributed by atoms with Gasteiger partial charge in [0.2, 0.25) is 0 Å². The van der Waals surface area contributed by atoms with Crippen molar-refractivity contribution in [3.05, 3.63) is 55.8 Å². The quantitative estimate of drug-likeness (QED) is 0.0134. The number of allylic oxidation sites excluding steroid dienone is 2. The molecule has 0 aliphatic rings. The molecule has 1 amide bonds. The van der Waals surface area contributed by atoms with E-state index in [2.05, 4.69) is 133 Å². The van der Waals surface area contributed by atoms with Crippen LogP contribution in [-0.2, 0) is 32.7 Å². The number of esters is 2. The molecule has 0 aromatic heterocycles. The van der Waals surface area contributed by atoms with E-state index in [1.165, 1.54) is 65.0 Å². The average Bonchev–Trinajstić information content (AvgIpc) is 3.21. The van der Waals surface area contributed by atoms with Crippen LogP contribution < -0.4 is 5.73 Å². The summed E-state index contributed by atoms with van der Waals surface area (Å²) in [5.74, 6) is -1.02. The molecule has 9 nitrogen and oxygen atoms in total. The van der Waals surface area contributed by atoms with E-state index in [0.29, 0.717) is 24.8 Å². The van der Waals surface area contributed by atoms with Crippen molar-refractivity contribution in [2.24, 2.45) is 11.7 Å². The molecule has 13 heteroatoms. The molecule has 0 aliphatic carbocycles. The van der Waals surface area contributed by atoms with Crippen molar-refractivity contribution in [3.8, 4) is 0 Å². The number of carbonyl (C=O) groups is 3. The molecule has 0 saturated heterocycles. The number of primary amides is 1. The zero-order valence-corrected chi connectivity index (χ0v) is 51.3. The van der Waals surface area contributed by atoms with E-state index in [0.717, 1.165) is 24.8 Å². The number of rotatable bonds is 32. The summed E-state index contributed by atoms with van der Waals surface area (Å²) in [6.07, 6.45) is 21.0.